The highest BCUT2D eigenvalue weighted by Crippen LogP contribution is 2.51. The highest BCUT2D eigenvalue weighted by atomic mass is 16.3. The van der Waals surface area contributed by atoms with Crippen LogP contribution in [0.5, 0.6) is 0 Å². The maximum Gasteiger partial charge on any atom is 0.0577 e. The van der Waals surface area contributed by atoms with E-state index in [1.54, 1.807) is 0 Å². The van der Waals surface area contributed by atoms with Crippen LogP contribution in [0, 0.1) is 17.3 Å². The second-order valence-electron chi connectivity index (χ2n) is 4.38. The highest BCUT2D eigenvalue weighted by molar-refractivity contribution is 5.34. The minimum absolute atomic E-state index is 0.113. The van der Waals surface area contributed by atoms with Crippen molar-refractivity contribution in [3.05, 3.63) is 35.9 Å². The Labute approximate surface area is 91.1 Å². The first-order valence-electron chi connectivity index (χ1n) is 5.45. The zero-order valence-corrected chi connectivity index (χ0v) is 9.03. The van der Waals surface area contributed by atoms with Gasteiger partial charge in [0.2, 0.25) is 0 Å². The van der Waals surface area contributed by atoms with E-state index in [9.17, 15) is 5.11 Å². The van der Waals surface area contributed by atoms with Gasteiger partial charge in [-0.1, -0.05) is 30.0 Å². The monoisotopic (exact) mass is 200 g/mol. The third-order valence-electron chi connectivity index (χ3n) is 3.23. The third kappa shape index (κ3) is 2.40. The molecule has 0 heterocycles. The molecule has 0 aliphatic heterocycles. The molecule has 0 radical (unpaired) electrons. The lowest BCUT2D eigenvalue weighted by Crippen LogP contribution is -2.16. The van der Waals surface area contributed by atoms with E-state index in [2.05, 4.69) is 11.8 Å². The van der Waals surface area contributed by atoms with E-state index in [0.29, 0.717) is 0 Å². The molecule has 0 amide bonds. The number of benzene rings is 1. The molecular formula is C14H16O. The van der Waals surface area contributed by atoms with Gasteiger partial charge < -0.3 is 5.11 Å². The van der Waals surface area contributed by atoms with E-state index in [4.69, 9.17) is 0 Å². The second-order valence-corrected chi connectivity index (χ2v) is 4.38. The van der Waals surface area contributed by atoms with E-state index in [0.717, 1.165) is 24.8 Å². The maximum atomic E-state index is 9.57. The molecular weight excluding hydrogens is 184 g/mol. The second kappa shape index (κ2) is 4.08. The zero-order valence-electron chi connectivity index (χ0n) is 9.03. The van der Waals surface area contributed by atoms with Crippen molar-refractivity contribution in [1.82, 2.24) is 0 Å². The van der Waals surface area contributed by atoms with Crippen molar-refractivity contribution in [2.75, 3.05) is 0 Å². The van der Waals surface area contributed by atoms with Crippen molar-refractivity contribution < 1.29 is 5.11 Å². The number of hydrogen-bond acceptors (Lipinski definition) is 1. The van der Waals surface area contributed by atoms with Gasteiger partial charge in [-0.15, -0.1) is 0 Å². The Kier molecular flexibility index (Phi) is 2.79. The van der Waals surface area contributed by atoms with Gasteiger partial charge in [0, 0.05) is 17.4 Å². The molecule has 1 atom stereocenters. The largest absolute Gasteiger partial charge is 0.393 e. The molecule has 1 saturated carbocycles. The van der Waals surface area contributed by atoms with Crippen LogP contribution in [0.3, 0.4) is 0 Å². The van der Waals surface area contributed by atoms with Crippen LogP contribution in [0.25, 0.3) is 0 Å². The van der Waals surface area contributed by atoms with Crippen molar-refractivity contribution in [3.63, 3.8) is 0 Å². The fourth-order valence-electron chi connectivity index (χ4n) is 1.75. The quantitative estimate of drug-likeness (QED) is 0.727. The molecule has 2 rings (SSSR count). The molecule has 1 fully saturated rings. The first-order valence-corrected chi connectivity index (χ1v) is 5.45. The van der Waals surface area contributed by atoms with Crippen molar-refractivity contribution >= 4 is 0 Å². The van der Waals surface area contributed by atoms with Crippen LogP contribution >= 0.6 is 0 Å². The van der Waals surface area contributed by atoms with Crippen LogP contribution in [-0.4, -0.2) is 11.2 Å². The number of hydrogen-bond donors (Lipinski definition) is 1. The fraction of sp³-hybridized carbons (Fsp3) is 0.429. The number of rotatable bonds is 2. The summed E-state index contributed by atoms with van der Waals surface area (Å²) in [5, 5.41) is 9.57. The third-order valence-corrected chi connectivity index (χ3v) is 3.23. The summed E-state index contributed by atoms with van der Waals surface area (Å²) in [6, 6.07) is 9.99. The standard InChI is InChI=1S/C14H16O/c1-12(15)14(10-11-14)9-5-8-13-6-3-2-4-7-13/h2-4,6-7,12,15H,9-11H2,1H3. The summed E-state index contributed by atoms with van der Waals surface area (Å²) < 4.78 is 0. The molecule has 0 bridgehead atoms. The summed E-state index contributed by atoms with van der Waals surface area (Å²) in [7, 11) is 0. The molecule has 1 aromatic carbocycles. The van der Waals surface area contributed by atoms with Crippen LogP contribution in [0.4, 0.5) is 0 Å². The van der Waals surface area contributed by atoms with Crippen LogP contribution in [0.2, 0.25) is 0 Å². The van der Waals surface area contributed by atoms with Crippen molar-refractivity contribution in [1.29, 1.82) is 0 Å². The predicted octanol–water partition coefficient (Wildman–Crippen LogP) is 2.59. The molecule has 1 aliphatic carbocycles. The van der Waals surface area contributed by atoms with Crippen molar-refractivity contribution in [2.45, 2.75) is 32.3 Å². The molecule has 0 aromatic heterocycles. The Morgan fingerprint density at radius 1 is 1.33 bits per heavy atom. The average molecular weight is 200 g/mol. The van der Waals surface area contributed by atoms with Gasteiger partial charge in [0.1, 0.15) is 0 Å². The summed E-state index contributed by atoms with van der Waals surface area (Å²) in [6.45, 7) is 1.87. The topological polar surface area (TPSA) is 20.2 Å². The van der Waals surface area contributed by atoms with Gasteiger partial charge in [0.15, 0.2) is 0 Å². The lowest BCUT2D eigenvalue weighted by molar-refractivity contribution is 0.113. The van der Waals surface area contributed by atoms with Crippen molar-refractivity contribution in [3.8, 4) is 11.8 Å². The molecule has 1 aliphatic rings. The van der Waals surface area contributed by atoms with Crippen molar-refractivity contribution in [2.24, 2.45) is 5.41 Å². The molecule has 1 N–H and O–H groups in total. The molecule has 15 heavy (non-hydrogen) atoms. The zero-order chi connectivity index (χ0) is 10.7. The normalized spacial score (nSPS) is 18.8. The van der Waals surface area contributed by atoms with Crippen LogP contribution in [-0.2, 0) is 0 Å². The lowest BCUT2D eigenvalue weighted by atomic mass is 9.96. The summed E-state index contributed by atoms with van der Waals surface area (Å²) >= 11 is 0. The Morgan fingerprint density at radius 2 is 2.00 bits per heavy atom. The maximum absolute atomic E-state index is 9.57. The van der Waals surface area contributed by atoms with E-state index < -0.39 is 0 Å². The van der Waals surface area contributed by atoms with Gasteiger partial charge in [0.05, 0.1) is 6.10 Å². The molecule has 0 spiro atoms. The molecule has 1 unspecified atom stereocenters. The van der Waals surface area contributed by atoms with Gasteiger partial charge in [-0.3, -0.25) is 0 Å². The lowest BCUT2D eigenvalue weighted by Gasteiger charge is -2.14. The Balaban J connectivity index is 1.97. The molecule has 78 valence electrons. The average Bonchev–Trinajstić information content (AvgIpc) is 3.01. The first kappa shape index (κ1) is 10.3. The van der Waals surface area contributed by atoms with Crippen LogP contribution in [0.15, 0.2) is 30.3 Å². The summed E-state index contributed by atoms with van der Waals surface area (Å²) in [5.41, 5.74) is 1.17. The number of aliphatic hydroxyl groups is 1. The van der Waals surface area contributed by atoms with Gasteiger partial charge in [-0.25, -0.2) is 0 Å². The van der Waals surface area contributed by atoms with Gasteiger partial charge in [-0.2, -0.15) is 0 Å². The summed E-state index contributed by atoms with van der Waals surface area (Å²) in [5.74, 6) is 6.31. The van der Waals surface area contributed by atoms with E-state index in [1.165, 1.54) is 0 Å². The highest BCUT2D eigenvalue weighted by Gasteiger charge is 2.45. The van der Waals surface area contributed by atoms with Crippen LogP contribution in [0.1, 0.15) is 31.7 Å². The van der Waals surface area contributed by atoms with E-state index in [-0.39, 0.29) is 11.5 Å². The Hall–Kier alpha value is -1.26. The first-order chi connectivity index (χ1) is 7.23. The Bertz CT molecular complexity index is 377. The molecule has 0 saturated heterocycles. The molecule has 1 heteroatoms. The minimum Gasteiger partial charge on any atom is -0.393 e. The summed E-state index contributed by atoms with van der Waals surface area (Å²) in [4.78, 5) is 0. The van der Waals surface area contributed by atoms with E-state index >= 15 is 0 Å². The smallest absolute Gasteiger partial charge is 0.0577 e. The van der Waals surface area contributed by atoms with Gasteiger partial charge in [-0.05, 0) is 31.9 Å². The van der Waals surface area contributed by atoms with Crippen LogP contribution < -0.4 is 0 Å². The van der Waals surface area contributed by atoms with E-state index in [1.807, 2.05) is 37.3 Å². The predicted molar refractivity (Wildman–Crippen MR) is 61.3 cm³/mol. The van der Waals surface area contributed by atoms with Gasteiger partial charge in [0.25, 0.3) is 0 Å². The SMILES string of the molecule is CC(O)C1(CC#Cc2ccccc2)CC1. The summed E-state index contributed by atoms with van der Waals surface area (Å²) in [6.07, 6.45) is 2.84. The fourth-order valence-corrected chi connectivity index (χ4v) is 1.75. The molecule has 1 aromatic rings. The van der Waals surface area contributed by atoms with Gasteiger partial charge >= 0.3 is 0 Å². The Morgan fingerprint density at radius 3 is 2.53 bits per heavy atom. The minimum atomic E-state index is -0.220. The number of aliphatic hydroxyl groups excluding tert-OH is 1. The molecule has 1 nitrogen and oxygen atoms in total.